The topological polar surface area (TPSA) is 59.1 Å². The van der Waals surface area contributed by atoms with Crippen LogP contribution in [0.4, 0.5) is 0 Å². The van der Waals surface area contributed by atoms with Crippen molar-refractivity contribution in [2.75, 3.05) is 52.5 Å². The Kier molecular flexibility index (Phi) is 27.3. The molecule has 0 fully saturated rings. The summed E-state index contributed by atoms with van der Waals surface area (Å²) in [6, 6.07) is 16.5. The normalized spacial score (nSPS) is 11.6. The molecule has 0 aliphatic rings. The fourth-order valence-electron chi connectivity index (χ4n) is 6.88. The first-order chi connectivity index (χ1) is 25.5. The van der Waals surface area contributed by atoms with Crippen LogP contribution in [0.1, 0.15) is 154 Å². The molecule has 2 aromatic rings. The van der Waals surface area contributed by atoms with Gasteiger partial charge in [-0.05, 0) is 100 Å². The average molecular weight is 721 g/mol. The van der Waals surface area contributed by atoms with Gasteiger partial charge < -0.3 is 19.3 Å². The maximum Gasteiger partial charge on any atom is 0.158 e. The number of Topliss-reactive ketones (excluding diaryl/α,β-unsaturated/α-hetero) is 2. The molecule has 0 aliphatic carbocycles. The Balaban J connectivity index is 1.81. The molecule has 6 heteroatoms. The van der Waals surface area contributed by atoms with Crippen LogP contribution in [-0.2, 0) is 32.3 Å². The van der Waals surface area contributed by atoms with Gasteiger partial charge in [-0.15, -0.1) is 0 Å². The maximum atomic E-state index is 12.8. The smallest absolute Gasteiger partial charge is 0.158 e. The molecule has 0 saturated carbocycles. The fourth-order valence-corrected chi connectivity index (χ4v) is 6.88. The van der Waals surface area contributed by atoms with E-state index in [0.29, 0.717) is 26.1 Å². The lowest BCUT2D eigenvalue weighted by Crippen LogP contribution is -2.28. The van der Waals surface area contributed by atoms with Crippen molar-refractivity contribution in [1.29, 1.82) is 0 Å². The molecule has 2 rings (SSSR count). The molecule has 0 atom stereocenters. The van der Waals surface area contributed by atoms with Crippen LogP contribution in [0.3, 0.4) is 0 Å². The highest BCUT2D eigenvalue weighted by Gasteiger charge is 2.13. The molecule has 0 bridgehead atoms. The van der Waals surface area contributed by atoms with Gasteiger partial charge in [-0.1, -0.05) is 140 Å². The van der Waals surface area contributed by atoms with E-state index in [2.05, 4.69) is 61.8 Å². The van der Waals surface area contributed by atoms with E-state index in [-0.39, 0.29) is 24.8 Å². The van der Waals surface area contributed by atoms with Crippen LogP contribution in [-0.4, -0.2) is 73.8 Å². The number of rotatable bonds is 35. The number of unbranched alkanes of at least 4 members (excludes halogenated alkanes) is 10. The van der Waals surface area contributed by atoms with Crippen LogP contribution in [0.25, 0.3) is 11.1 Å². The van der Waals surface area contributed by atoms with Gasteiger partial charge in [0.1, 0.15) is 13.2 Å². The highest BCUT2D eigenvalue weighted by Crippen LogP contribution is 2.28. The van der Waals surface area contributed by atoms with E-state index in [9.17, 15) is 9.59 Å². The zero-order chi connectivity index (χ0) is 37.5. The van der Waals surface area contributed by atoms with E-state index >= 15 is 0 Å². The summed E-state index contributed by atoms with van der Waals surface area (Å²) < 4.78 is 12.0. The second-order valence-corrected chi connectivity index (χ2v) is 14.8. The molecule has 2 aromatic carbocycles. The van der Waals surface area contributed by atoms with Gasteiger partial charge in [0, 0.05) is 12.8 Å². The Morgan fingerprint density at radius 1 is 0.442 bits per heavy atom. The van der Waals surface area contributed by atoms with E-state index in [1.165, 1.54) is 89.9 Å². The second-order valence-electron chi connectivity index (χ2n) is 14.8. The van der Waals surface area contributed by atoms with Crippen LogP contribution in [0.2, 0.25) is 0 Å². The highest BCUT2D eigenvalue weighted by atomic mass is 16.5. The third-order valence-electron chi connectivity index (χ3n) is 10.0. The summed E-state index contributed by atoms with van der Waals surface area (Å²) in [7, 11) is 0. The van der Waals surface area contributed by atoms with Crippen molar-refractivity contribution in [3.05, 3.63) is 59.7 Å². The molecule has 0 spiro atoms. The summed E-state index contributed by atoms with van der Waals surface area (Å²) in [4.78, 5) is 30.7. The summed E-state index contributed by atoms with van der Waals surface area (Å²) in [5.74, 6) is 0.346. The summed E-state index contributed by atoms with van der Waals surface area (Å²) in [6.07, 6.45) is 20.6. The third kappa shape index (κ3) is 21.4. The van der Waals surface area contributed by atoms with Crippen LogP contribution in [0.15, 0.2) is 48.5 Å². The zero-order valence-electron chi connectivity index (χ0n) is 33.9. The molecule has 0 radical (unpaired) electrons. The Hall–Kier alpha value is -2.38. The molecule has 52 heavy (non-hydrogen) atoms. The molecule has 0 N–H and O–H groups in total. The lowest BCUT2D eigenvalue weighted by atomic mass is 9.96. The minimum atomic E-state index is 0.142. The molecule has 0 saturated heterocycles. The minimum Gasteiger partial charge on any atom is -0.369 e. The molecule has 6 nitrogen and oxygen atoms in total. The van der Waals surface area contributed by atoms with E-state index in [4.69, 9.17) is 9.47 Å². The Morgan fingerprint density at radius 3 is 1.15 bits per heavy atom. The Labute approximate surface area is 319 Å². The molecular formula is C46H76N2O4. The number of ether oxygens (including phenoxy) is 2. The summed E-state index contributed by atoms with van der Waals surface area (Å²) in [5.41, 5.74) is 4.25. The van der Waals surface area contributed by atoms with Crippen molar-refractivity contribution >= 4 is 11.6 Å². The molecule has 0 amide bonds. The SMILES string of the molecule is CCCCCCN(CCCCC)CCCC(=O)COCc1ccccc1-c1ccccc1COCC(=O)CCCN(CCCCC)CCCCCC. The van der Waals surface area contributed by atoms with E-state index in [0.717, 1.165) is 74.4 Å². The van der Waals surface area contributed by atoms with Gasteiger partial charge in [0.2, 0.25) is 0 Å². The monoisotopic (exact) mass is 721 g/mol. The fraction of sp³-hybridized carbons (Fsp3) is 0.696. The Bertz CT molecular complexity index is 1090. The summed E-state index contributed by atoms with van der Waals surface area (Å²) in [5, 5.41) is 0. The number of benzene rings is 2. The van der Waals surface area contributed by atoms with Gasteiger partial charge in [-0.25, -0.2) is 0 Å². The lowest BCUT2D eigenvalue weighted by Gasteiger charge is -2.22. The van der Waals surface area contributed by atoms with E-state index in [1.807, 2.05) is 24.3 Å². The van der Waals surface area contributed by atoms with E-state index < -0.39 is 0 Å². The summed E-state index contributed by atoms with van der Waals surface area (Å²) >= 11 is 0. The second kappa shape index (κ2) is 31.0. The first-order valence-corrected chi connectivity index (χ1v) is 21.3. The van der Waals surface area contributed by atoms with Crippen molar-refractivity contribution in [1.82, 2.24) is 9.80 Å². The molecule has 294 valence electrons. The highest BCUT2D eigenvalue weighted by molar-refractivity contribution is 5.80. The summed E-state index contributed by atoms with van der Waals surface area (Å²) in [6.45, 7) is 16.6. The van der Waals surface area contributed by atoms with Gasteiger partial charge in [0.15, 0.2) is 11.6 Å². The third-order valence-corrected chi connectivity index (χ3v) is 10.0. The first kappa shape index (κ1) is 45.8. The molecule has 0 aromatic heterocycles. The van der Waals surface area contributed by atoms with Crippen molar-refractivity contribution in [3.8, 4) is 11.1 Å². The quantitative estimate of drug-likeness (QED) is 0.0661. The average Bonchev–Trinajstić information content (AvgIpc) is 3.15. The van der Waals surface area contributed by atoms with Gasteiger partial charge >= 0.3 is 0 Å². The van der Waals surface area contributed by atoms with Crippen molar-refractivity contribution in [3.63, 3.8) is 0 Å². The van der Waals surface area contributed by atoms with E-state index in [1.54, 1.807) is 0 Å². The lowest BCUT2D eigenvalue weighted by molar-refractivity contribution is -0.124. The first-order valence-electron chi connectivity index (χ1n) is 21.3. The van der Waals surface area contributed by atoms with Crippen molar-refractivity contribution < 1.29 is 19.1 Å². The predicted molar refractivity (Wildman–Crippen MR) is 220 cm³/mol. The molecule has 0 unspecified atom stereocenters. The number of hydrogen-bond donors (Lipinski definition) is 0. The van der Waals surface area contributed by atoms with Crippen molar-refractivity contribution in [2.24, 2.45) is 0 Å². The largest absolute Gasteiger partial charge is 0.369 e. The maximum absolute atomic E-state index is 12.8. The van der Waals surface area contributed by atoms with Crippen LogP contribution < -0.4 is 0 Å². The number of hydrogen-bond acceptors (Lipinski definition) is 6. The number of carbonyl (C=O) groups excluding carboxylic acids is 2. The predicted octanol–water partition coefficient (Wildman–Crippen LogP) is 11.2. The van der Waals surface area contributed by atoms with Gasteiger partial charge in [-0.3, -0.25) is 9.59 Å². The molecular weight excluding hydrogens is 645 g/mol. The van der Waals surface area contributed by atoms with Crippen LogP contribution in [0, 0.1) is 0 Å². The van der Waals surface area contributed by atoms with Gasteiger partial charge in [0.25, 0.3) is 0 Å². The number of ketones is 2. The zero-order valence-corrected chi connectivity index (χ0v) is 33.9. The van der Waals surface area contributed by atoms with Gasteiger partial charge in [-0.2, -0.15) is 0 Å². The molecule has 0 aliphatic heterocycles. The van der Waals surface area contributed by atoms with Crippen LogP contribution >= 0.6 is 0 Å². The molecule has 0 heterocycles. The van der Waals surface area contributed by atoms with Gasteiger partial charge in [0.05, 0.1) is 13.2 Å². The van der Waals surface area contributed by atoms with Crippen LogP contribution in [0.5, 0.6) is 0 Å². The minimum absolute atomic E-state index is 0.142. The number of nitrogens with zero attached hydrogens (tertiary/aromatic N) is 2. The Morgan fingerprint density at radius 2 is 0.769 bits per heavy atom. The standard InChI is InChI=1S/C46H76N2O4/c1-5-9-13-21-33-47(31-19-11-7-3)35-23-27-43(49)39-51-37-41-25-15-17-29-45(41)46-30-18-16-26-42(46)38-52-40-44(50)28-24-36-48(32-20-12-8-4)34-22-14-10-6-2/h15-18,25-26,29-30H,5-14,19-24,27-28,31-40H2,1-4H3. The van der Waals surface area contributed by atoms with Crippen molar-refractivity contribution in [2.45, 2.75) is 156 Å². The number of carbonyl (C=O) groups is 2.